The van der Waals surface area contributed by atoms with Crippen LogP contribution in [0.5, 0.6) is 0 Å². The number of primary amides is 1. The Hall–Kier alpha value is -3.90. The zero-order chi connectivity index (χ0) is 30.5. The fourth-order valence-electron chi connectivity index (χ4n) is 4.11. The number of carbonyl (C=O) groups is 2. The Labute approximate surface area is 238 Å². The molecule has 4 rings (SSSR count). The number of carbonyl (C=O) groups excluding carboxylic acids is 1. The van der Waals surface area contributed by atoms with Gasteiger partial charge < -0.3 is 15.4 Å². The molecule has 0 spiro atoms. The number of sulfone groups is 1. The maximum atomic E-state index is 13.3. The van der Waals surface area contributed by atoms with Gasteiger partial charge in [-0.2, -0.15) is 13.2 Å². The van der Waals surface area contributed by atoms with Crippen molar-refractivity contribution in [1.82, 2.24) is 4.57 Å². The zero-order valence-corrected chi connectivity index (χ0v) is 23.2. The van der Waals surface area contributed by atoms with Crippen molar-refractivity contribution in [2.45, 2.75) is 31.0 Å². The van der Waals surface area contributed by atoms with Crippen molar-refractivity contribution in [2.75, 3.05) is 12.4 Å². The molecule has 0 bridgehead atoms. The maximum absolute atomic E-state index is 13.3. The second-order valence-electron chi connectivity index (χ2n) is 8.82. The normalized spacial score (nSPS) is 11.7. The van der Waals surface area contributed by atoms with E-state index in [1.807, 2.05) is 0 Å². The molecule has 1 amide bonds. The number of hydrogen-bond donors (Lipinski definition) is 2. The van der Waals surface area contributed by atoms with Crippen LogP contribution < -0.4 is 5.73 Å². The van der Waals surface area contributed by atoms with Crippen LogP contribution >= 0.6 is 11.6 Å². The minimum atomic E-state index is -4.58. The molecule has 3 aromatic carbocycles. The Balaban J connectivity index is 0.000000278. The summed E-state index contributed by atoms with van der Waals surface area (Å²) in [6.45, 7) is 0.821. The third kappa shape index (κ3) is 7.65. The first-order valence-electron chi connectivity index (χ1n) is 12.1. The fourth-order valence-corrected chi connectivity index (χ4v) is 5.17. The molecule has 3 N–H and O–H groups in total. The number of rotatable bonds is 8. The molecule has 4 aromatic rings. The van der Waals surface area contributed by atoms with Crippen LogP contribution in [0, 0.1) is 0 Å². The highest BCUT2D eigenvalue weighted by atomic mass is 35.5. The van der Waals surface area contributed by atoms with Gasteiger partial charge in [-0.05, 0) is 66.2 Å². The summed E-state index contributed by atoms with van der Waals surface area (Å²) in [5.74, 6) is -1.64. The molecule has 1 heterocycles. The first kappa shape index (κ1) is 31.6. The minimum absolute atomic E-state index is 0.00766. The van der Waals surface area contributed by atoms with Crippen LogP contribution in [0.25, 0.3) is 10.9 Å². The van der Waals surface area contributed by atoms with E-state index in [4.69, 9.17) is 22.4 Å². The van der Waals surface area contributed by atoms with E-state index in [0.29, 0.717) is 22.2 Å². The average Bonchev–Trinajstić information content (AvgIpc) is 3.25. The molecule has 0 radical (unpaired) electrons. The molecule has 0 aliphatic rings. The molecule has 7 nitrogen and oxygen atoms in total. The lowest BCUT2D eigenvalue weighted by Crippen LogP contribution is -2.11. The molecule has 0 saturated carbocycles. The first-order valence-corrected chi connectivity index (χ1v) is 14.1. The van der Waals surface area contributed by atoms with E-state index < -0.39 is 40.1 Å². The molecule has 0 aliphatic carbocycles. The third-order valence-corrected chi connectivity index (χ3v) is 8.15. The van der Waals surface area contributed by atoms with Crippen molar-refractivity contribution >= 4 is 44.2 Å². The number of fused-ring (bicyclic) bond motifs is 1. The number of halogens is 5. The summed E-state index contributed by atoms with van der Waals surface area (Å²) in [5.41, 5.74) is 5.55. The molecule has 218 valence electrons. The highest BCUT2D eigenvalue weighted by molar-refractivity contribution is 7.91. The molecule has 0 saturated heterocycles. The Bertz CT molecular complexity index is 1680. The van der Waals surface area contributed by atoms with Crippen LogP contribution in [0.1, 0.15) is 44.5 Å². The van der Waals surface area contributed by atoms with Gasteiger partial charge in [0.05, 0.1) is 28.3 Å². The Kier molecular flexibility index (Phi) is 9.82. The number of benzene rings is 3. The monoisotopic (exact) mass is 612 g/mol. The molecule has 41 heavy (non-hydrogen) atoms. The summed E-state index contributed by atoms with van der Waals surface area (Å²) >= 11 is 5.71. The van der Waals surface area contributed by atoms with Crippen molar-refractivity contribution in [1.29, 1.82) is 0 Å². The topological polar surface area (TPSA) is 119 Å². The van der Waals surface area contributed by atoms with Crippen LogP contribution in [-0.4, -0.2) is 42.4 Å². The molecule has 0 aliphatic heterocycles. The number of aromatic nitrogens is 1. The molecule has 0 fully saturated rings. The van der Waals surface area contributed by atoms with Gasteiger partial charge in [0.1, 0.15) is 6.67 Å². The minimum Gasteiger partial charge on any atom is -0.478 e. The van der Waals surface area contributed by atoms with E-state index in [1.54, 1.807) is 17.6 Å². The van der Waals surface area contributed by atoms with Gasteiger partial charge in [-0.3, -0.25) is 4.79 Å². The quantitative estimate of drug-likeness (QED) is 0.231. The number of aryl methyl sites for hydroxylation is 1. The number of nitrogens with zero attached hydrogens (tertiary/aromatic N) is 1. The second kappa shape index (κ2) is 12.7. The highest BCUT2D eigenvalue weighted by Gasteiger charge is 2.33. The summed E-state index contributed by atoms with van der Waals surface area (Å²) in [6.07, 6.45) is -4.67. The third-order valence-electron chi connectivity index (χ3n) is 6.17. The van der Waals surface area contributed by atoms with Crippen LogP contribution in [0.4, 0.5) is 17.6 Å². The average molecular weight is 613 g/mol. The van der Waals surface area contributed by atoms with E-state index in [9.17, 15) is 35.6 Å². The molecule has 1 aromatic heterocycles. The number of hydrogen-bond acceptors (Lipinski definition) is 4. The van der Waals surface area contributed by atoms with Crippen LogP contribution in [-0.2, 0) is 29.0 Å². The van der Waals surface area contributed by atoms with Crippen molar-refractivity contribution in [3.8, 4) is 0 Å². The van der Waals surface area contributed by atoms with Gasteiger partial charge in [0, 0.05) is 33.6 Å². The standard InChI is InChI=1S/C19H14ClF4NO2.C9H11NO3S/c20-14-3-1-11(16(10-14)19(22,23)24)8-15-9-13-7-12(18(26)27)2-4-17(13)25(15)6-5-21;1-2-14(12,13)8-5-3-7(4-6-8)9(10)11/h1-4,7,9-10H,5-6,8H2,(H,26,27);3-6H,2H2,1H3,(H2,10,11). The maximum Gasteiger partial charge on any atom is 0.416 e. The van der Waals surface area contributed by atoms with Crippen LogP contribution in [0.3, 0.4) is 0 Å². The summed E-state index contributed by atoms with van der Waals surface area (Å²) in [5, 5.41) is 9.61. The summed E-state index contributed by atoms with van der Waals surface area (Å²) in [7, 11) is -3.19. The Morgan fingerprint density at radius 3 is 2.15 bits per heavy atom. The van der Waals surface area contributed by atoms with Crippen LogP contribution in [0.15, 0.2) is 71.6 Å². The Morgan fingerprint density at radius 2 is 1.61 bits per heavy atom. The fraction of sp³-hybridized carbons (Fsp3) is 0.214. The van der Waals surface area contributed by atoms with E-state index >= 15 is 0 Å². The summed E-state index contributed by atoms with van der Waals surface area (Å²) < 4.78 is 77.3. The predicted molar refractivity (Wildman–Crippen MR) is 147 cm³/mol. The first-order chi connectivity index (χ1) is 19.2. The van der Waals surface area contributed by atoms with Gasteiger partial charge in [0.2, 0.25) is 5.91 Å². The smallest absolute Gasteiger partial charge is 0.416 e. The van der Waals surface area contributed by atoms with Crippen molar-refractivity contribution in [3.05, 3.63) is 99.7 Å². The van der Waals surface area contributed by atoms with Crippen molar-refractivity contribution < 1.29 is 40.7 Å². The highest BCUT2D eigenvalue weighted by Crippen LogP contribution is 2.35. The molecule has 13 heteroatoms. The number of alkyl halides is 4. The SMILES string of the molecule is CCS(=O)(=O)c1ccc(C(N)=O)cc1.O=C(O)c1ccc2c(c1)cc(Cc1ccc(Cl)cc1C(F)(F)F)n2CCF. The number of nitrogens with two attached hydrogens (primary N) is 1. The molecule has 0 atom stereocenters. The van der Waals surface area contributed by atoms with E-state index in [1.165, 1.54) is 54.6 Å². The number of carboxylic acids is 1. The van der Waals surface area contributed by atoms with Crippen LogP contribution in [0.2, 0.25) is 5.02 Å². The summed E-state index contributed by atoms with van der Waals surface area (Å²) in [4.78, 5) is 22.1. The summed E-state index contributed by atoms with van der Waals surface area (Å²) in [6, 6.07) is 15.0. The number of aromatic carboxylic acids is 1. The van der Waals surface area contributed by atoms with Gasteiger partial charge >= 0.3 is 12.1 Å². The predicted octanol–water partition coefficient (Wildman–Crippen LogP) is 6.15. The Morgan fingerprint density at radius 1 is 0.976 bits per heavy atom. The number of carboxylic acid groups (broad SMARTS) is 1. The lowest BCUT2D eigenvalue weighted by atomic mass is 10.0. The molecular weight excluding hydrogens is 588 g/mol. The van der Waals surface area contributed by atoms with E-state index in [0.717, 1.165) is 6.07 Å². The van der Waals surface area contributed by atoms with Crippen molar-refractivity contribution in [3.63, 3.8) is 0 Å². The largest absolute Gasteiger partial charge is 0.478 e. The lowest BCUT2D eigenvalue weighted by molar-refractivity contribution is -0.138. The van der Waals surface area contributed by atoms with Crippen molar-refractivity contribution in [2.24, 2.45) is 5.73 Å². The van der Waals surface area contributed by atoms with Gasteiger partial charge in [-0.25, -0.2) is 17.6 Å². The van der Waals surface area contributed by atoms with Gasteiger partial charge in [0.15, 0.2) is 9.84 Å². The van der Waals surface area contributed by atoms with Gasteiger partial charge in [-0.15, -0.1) is 0 Å². The second-order valence-corrected chi connectivity index (χ2v) is 11.5. The van der Waals surface area contributed by atoms with E-state index in [2.05, 4.69) is 0 Å². The van der Waals surface area contributed by atoms with Gasteiger partial charge in [-0.1, -0.05) is 24.6 Å². The van der Waals surface area contributed by atoms with E-state index in [-0.39, 0.29) is 39.8 Å². The number of amides is 1. The molecule has 0 unspecified atom stereocenters. The zero-order valence-electron chi connectivity index (χ0n) is 21.6. The van der Waals surface area contributed by atoms with Gasteiger partial charge in [0.25, 0.3) is 0 Å². The lowest BCUT2D eigenvalue weighted by Gasteiger charge is -2.15. The molecular formula is C28H25ClF4N2O5S.